The molecule has 0 amide bonds. The summed E-state index contributed by atoms with van der Waals surface area (Å²) >= 11 is 0. The van der Waals surface area contributed by atoms with Crippen LogP contribution >= 0.6 is 0 Å². The average molecular weight is 102 g/mol. The zero-order chi connectivity index (χ0) is 6.24. The third kappa shape index (κ3) is 4.68. The molecule has 0 fully saturated rings. The van der Waals surface area contributed by atoms with Crippen LogP contribution in [0.4, 0.5) is 0 Å². The second kappa shape index (κ2) is 5.68. The van der Waals surface area contributed by atoms with Crippen molar-refractivity contribution in [2.75, 3.05) is 0 Å². The molecule has 0 heteroatoms. The average Bonchev–Trinajstić information content (AvgIpc) is 1.81. The van der Waals surface area contributed by atoms with Gasteiger partial charge >= 0.3 is 0 Å². The highest BCUT2D eigenvalue weighted by Crippen LogP contribution is 1.63. The predicted molar refractivity (Wildman–Crippen MR) is 34.7 cm³/mol. The maximum Gasteiger partial charge on any atom is 0.00704 e. The molecule has 0 aromatic rings. The summed E-state index contributed by atoms with van der Waals surface area (Å²) in [6, 6.07) is 0. The van der Waals surface area contributed by atoms with Gasteiger partial charge < -0.3 is 0 Å². The smallest absolute Gasteiger partial charge is 0.00704 e. The van der Waals surface area contributed by atoms with E-state index in [1.165, 1.54) is 0 Å². The lowest BCUT2D eigenvalue weighted by Crippen LogP contribution is -1.51. The summed E-state index contributed by atoms with van der Waals surface area (Å²) in [6.45, 7) is 1.96. The Morgan fingerprint density at radius 2 is 2.00 bits per heavy atom. The third-order valence-electron chi connectivity index (χ3n) is 0.462. The Kier molecular flexibility index (Phi) is 4.74. The molecule has 0 N–H and O–H groups in total. The summed E-state index contributed by atoms with van der Waals surface area (Å²) in [5.41, 5.74) is 0. The number of terminal acetylenes is 1. The number of hydrogen-bond acceptors (Lipinski definition) is 0. The highest BCUT2D eigenvalue weighted by atomic mass is 13.6. The van der Waals surface area contributed by atoms with Crippen molar-refractivity contribution in [3.05, 3.63) is 0 Å². The normalized spacial score (nSPS) is 4.50. The molecule has 0 saturated heterocycles. The minimum Gasteiger partial charge on any atom is -0.106 e. The van der Waals surface area contributed by atoms with Gasteiger partial charge in [-0.15, -0.1) is 6.42 Å². The Bertz CT molecular complexity index is 194. The maximum atomic E-state index is 4.82. The molecule has 0 heterocycles. The van der Waals surface area contributed by atoms with Gasteiger partial charge in [0, 0.05) is 6.42 Å². The first-order valence-corrected chi connectivity index (χ1v) is 2.35. The molecule has 0 aromatic carbocycles. The summed E-state index contributed by atoms with van der Waals surface area (Å²) in [7, 11) is 0. The molecule has 0 rings (SSSR count). The Morgan fingerprint density at radius 3 is 2.50 bits per heavy atom. The lowest BCUT2D eigenvalue weighted by molar-refractivity contribution is 1.28. The van der Waals surface area contributed by atoms with Gasteiger partial charge in [-0.2, -0.15) is 0 Å². The van der Waals surface area contributed by atoms with Crippen molar-refractivity contribution in [3.63, 3.8) is 0 Å². The quantitative estimate of drug-likeness (QED) is 0.401. The fourth-order valence-electron chi connectivity index (χ4n) is 0.200. The lowest BCUT2D eigenvalue weighted by atomic mass is 10.4. The van der Waals surface area contributed by atoms with Crippen molar-refractivity contribution in [2.24, 2.45) is 0 Å². The van der Waals surface area contributed by atoms with Crippen molar-refractivity contribution in [1.29, 1.82) is 0 Å². The van der Waals surface area contributed by atoms with Crippen LogP contribution in [0.1, 0.15) is 13.3 Å². The van der Waals surface area contributed by atoms with E-state index in [9.17, 15) is 0 Å². The van der Waals surface area contributed by atoms with Crippen LogP contribution in [0.15, 0.2) is 0 Å². The van der Waals surface area contributed by atoms with Crippen molar-refractivity contribution >= 4 is 0 Å². The van der Waals surface area contributed by atoms with E-state index in [-0.39, 0.29) is 0 Å². The lowest BCUT2D eigenvalue weighted by Gasteiger charge is -1.59. The highest BCUT2D eigenvalue weighted by molar-refractivity contribution is 5.33. The standard InChI is InChI=1S/C8H6/c1-3-5-7-8-6-4-2/h1H,4H2,2H3. The van der Waals surface area contributed by atoms with Gasteiger partial charge in [-0.1, -0.05) is 12.8 Å². The van der Waals surface area contributed by atoms with Gasteiger partial charge in [0.1, 0.15) is 0 Å². The van der Waals surface area contributed by atoms with Crippen molar-refractivity contribution in [3.8, 4) is 36.0 Å². The molecule has 0 nitrogen and oxygen atoms in total. The Hall–Kier alpha value is -1.32. The molecule has 0 aliphatic carbocycles. The zero-order valence-electron chi connectivity index (χ0n) is 4.78. The van der Waals surface area contributed by atoms with E-state index in [1.807, 2.05) is 6.92 Å². The van der Waals surface area contributed by atoms with Crippen LogP contribution in [-0.4, -0.2) is 0 Å². The third-order valence-corrected chi connectivity index (χ3v) is 0.462. The molecule has 0 radical (unpaired) electrons. The first-order valence-electron chi connectivity index (χ1n) is 2.35. The summed E-state index contributed by atoms with van der Waals surface area (Å²) in [4.78, 5) is 0. The van der Waals surface area contributed by atoms with Crippen molar-refractivity contribution in [1.82, 2.24) is 0 Å². The monoisotopic (exact) mass is 102 g/mol. The Balaban J connectivity index is 3.61. The molecule has 0 unspecified atom stereocenters. The molecular formula is C8H6. The van der Waals surface area contributed by atoms with Crippen molar-refractivity contribution < 1.29 is 0 Å². The van der Waals surface area contributed by atoms with Crippen LogP contribution < -0.4 is 0 Å². The zero-order valence-corrected chi connectivity index (χ0v) is 4.78. The van der Waals surface area contributed by atoms with Gasteiger partial charge in [-0.25, -0.2) is 0 Å². The van der Waals surface area contributed by atoms with Crippen LogP contribution in [0.25, 0.3) is 0 Å². The molecular weight excluding hydrogens is 96.1 g/mol. The number of rotatable bonds is 0. The van der Waals surface area contributed by atoms with Crippen LogP contribution in [0.2, 0.25) is 0 Å². The summed E-state index contributed by atoms with van der Waals surface area (Å²) < 4.78 is 0. The van der Waals surface area contributed by atoms with Gasteiger partial charge in [-0.05, 0) is 23.7 Å². The van der Waals surface area contributed by atoms with Crippen LogP contribution in [0, 0.1) is 36.0 Å². The molecule has 0 saturated carbocycles. The van der Waals surface area contributed by atoms with E-state index in [1.54, 1.807) is 0 Å². The summed E-state index contributed by atoms with van der Waals surface area (Å²) in [5, 5.41) is 0. The second-order valence-electron chi connectivity index (χ2n) is 1.05. The fraction of sp³-hybridized carbons (Fsp3) is 0.250. The topological polar surface area (TPSA) is 0 Å². The molecule has 0 atom stereocenters. The van der Waals surface area contributed by atoms with Gasteiger partial charge in [0.2, 0.25) is 0 Å². The predicted octanol–water partition coefficient (Wildman–Crippen LogP) is 1.04. The summed E-state index contributed by atoms with van der Waals surface area (Å²) in [6.07, 6.45) is 5.65. The van der Waals surface area contributed by atoms with Gasteiger partial charge in [0.25, 0.3) is 0 Å². The molecule has 0 aromatic heterocycles. The van der Waals surface area contributed by atoms with Gasteiger partial charge in [0.05, 0.1) is 0 Å². The van der Waals surface area contributed by atoms with Gasteiger partial charge in [0.15, 0.2) is 0 Å². The fourth-order valence-corrected chi connectivity index (χ4v) is 0.200. The first-order chi connectivity index (χ1) is 3.91. The molecule has 8 heavy (non-hydrogen) atoms. The second-order valence-corrected chi connectivity index (χ2v) is 1.05. The highest BCUT2D eigenvalue weighted by Gasteiger charge is 1.54. The van der Waals surface area contributed by atoms with Crippen LogP contribution in [0.3, 0.4) is 0 Å². The Labute approximate surface area is 50.3 Å². The SMILES string of the molecule is C#CC#CC#CCC. The molecule has 0 spiro atoms. The molecule has 0 aliphatic heterocycles. The first kappa shape index (κ1) is 6.68. The maximum absolute atomic E-state index is 4.82. The minimum atomic E-state index is 0.833. The Morgan fingerprint density at radius 1 is 1.25 bits per heavy atom. The number of hydrogen-bond donors (Lipinski definition) is 0. The summed E-state index contributed by atoms with van der Waals surface area (Å²) in [5.74, 6) is 12.4. The van der Waals surface area contributed by atoms with Crippen LogP contribution in [-0.2, 0) is 0 Å². The van der Waals surface area contributed by atoms with E-state index in [0.717, 1.165) is 6.42 Å². The van der Waals surface area contributed by atoms with E-state index in [2.05, 4.69) is 29.6 Å². The van der Waals surface area contributed by atoms with Crippen molar-refractivity contribution in [2.45, 2.75) is 13.3 Å². The van der Waals surface area contributed by atoms with Crippen LogP contribution in [0.5, 0.6) is 0 Å². The minimum absolute atomic E-state index is 0.833. The van der Waals surface area contributed by atoms with E-state index >= 15 is 0 Å². The molecule has 38 valence electrons. The van der Waals surface area contributed by atoms with E-state index in [4.69, 9.17) is 6.42 Å². The van der Waals surface area contributed by atoms with E-state index in [0.29, 0.717) is 0 Å². The molecule has 0 bridgehead atoms. The molecule has 0 aliphatic rings. The van der Waals surface area contributed by atoms with Gasteiger partial charge in [-0.3, -0.25) is 0 Å². The van der Waals surface area contributed by atoms with E-state index < -0.39 is 0 Å². The largest absolute Gasteiger partial charge is 0.106 e.